The number of hydrogen-bond acceptors (Lipinski definition) is 4. The van der Waals surface area contributed by atoms with Gasteiger partial charge in [-0.15, -0.1) is 0 Å². The van der Waals surface area contributed by atoms with Gasteiger partial charge < -0.3 is 20.5 Å². The maximum Gasteiger partial charge on any atom is 0.254 e. The predicted molar refractivity (Wildman–Crippen MR) is 130 cm³/mol. The minimum absolute atomic E-state index is 0.0122. The van der Waals surface area contributed by atoms with Gasteiger partial charge in [0.25, 0.3) is 11.8 Å². The summed E-state index contributed by atoms with van der Waals surface area (Å²) in [7, 11) is 0. The van der Waals surface area contributed by atoms with Crippen LogP contribution in [0.1, 0.15) is 33.2 Å². The summed E-state index contributed by atoms with van der Waals surface area (Å²) in [6.45, 7) is 7.92. The summed E-state index contributed by atoms with van der Waals surface area (Å²) < 4.78 is 13.8. The monoisotopic (exact) mass is 459 g/mol. The van der Waals surface area contributed by atoms with Crippen LogP contribution in [0.15, 0.2) is 42.5 Å². The average Bonchev–Trinajstić information content (AvgIpc) is 3.22. The molecule has 5 rings (SSSR count). The first kappa shape index (κ1) is 22.0. The lowest BCUT2D eigenvalue weighted by Gasteiger charge is -2.34. The number of nitrogens with one attached hydrogen (secondary N) is 1. The zero-order valence-corrected chi connectivity index (χ0v) is 19.2. The number of amides is 2. The van der Waals surface area contributed by atoms with E-state index in [2.05, 4.69) is 16.8 Å². The van der Waals surface area contributed by atoms with E-state index in [1.165, 1.54) is 6.07 Å². The van der Waals surface area contributed by atoms with Gasteiger partial charge in [-0.25, -0.2) is 9.37 Å². The number of carbonyl (C=O) groups excluding carboxylic acids is 2. The number of hydrogen-bond donors (Lipinski definition) is 2. The molecule has 0 spiro atoms. The predicted octanol–water partition coefficient (Wildman–Crippen LogP) is 3.71. The van der Waals surface area contributed by atoms with Crippen LogP contribution in [0.2, 0.25) is 0 Å². The van der Waals surface area contributed by atoms with Crippen LogP contribution in [-0.2, 0) is 0 Å². The maximum atomic E-state index is 13.8. The van der Waals surface area contributed by atoms with Gasteiger partial charge in [0.2, 0.25) is 0 Å². The number of rotatable bonds is 4. The third kappa shape index (κ3) is 3.80. The second-order valence-electron chi connectivity index (χ2n) is 8.72. The van der Waals surface area contributed by atoms with Crippen molar-refractivity contribution in [3.8, 4) is 11.3 Å². The lowest BCUT2D eigenvalue weighted by molar-refractivity contribution is 0.0643. The first-order valence-corrected chi connectivity index (χ1v) is 11.4. The number of halogens is 1. The van der Waals surface area contributed by atoms with Gasteiger partial charge in [0.05, 0.1) is 22.3 Å². The van der Waals surface area contributed by atoms with Crippen molar-refractivity contribution in [3.63, 3.8) is 0 Å². The summed E-state index contributed by atoms with van der Waals surface area (Å²) in [6, 6.07) is 11.8. The number of primary amides is 1. The van der Waals surface area contributed by atoms with E-state index in [0.717, 1.165) is 25.0 Å². The van der Waals surface area contributed by atoms with Gasteiger partial charge in [-0.2, -0.15) is 0 Å². The molecule has 2 aromatic carbocycles. The zero-order valence-electron chi connectivity index (χ0n) is 19.2. The molecule has 3 N–H and O–H groups in total. The molecule has 7 nitrogen and oxygen atoms in total. The highest BCUT2D eigenvalue weighted by Gasteiger charge is 2.23. The Morgan fingerprint density at radius 2 is 1.85 bits per heavy atom. The van der Waals surface area contributed by atoms with E-state index in [-0.39, 0.29) is 11.7 Å². The number of piperazine rings is 1. The fourth-order valence-electron chi connectivity index (χ4n) is 4.58. The molecule has 0 bridgehead atoms. The number of aromatic nitrogens is 2. The second kappa shape index (κ2) is 8.53. The second-order valence-corrected chi connectivity index (χ2v) is 8.72. The molecule has 3 heterocycles. The normalized spacial score (nSPS) is 14.7. The van der Waals surface area contributed by atoms with E-state index >= 15 is 0 Å². The molecule has 0 unspecified atom stereocenters. The van der Waals surface area contributed by atoms with E-state index < -0.39 is 5.91 Å². The molecular formula is C26H26FN5O2. The summed E-state index contributed by atoms with van der Waals surface area (Å²) in [5.74, 6) is -0.911. The van der Waals surface area contributed by atoms with Crippen LogP contribution >= 0.6 is 0 Å². The zero-order chi connectivity index (χ0) is 24.0. The fraction of sp³-hybridized carbons (Fsp3) is 0.269. The van der Waals surface area contributed by atoms with E-state index in [1.54, 1.807) is 37.3 Å². The van der Waals surface area contributed by atoms with Crippen LogP contribution in [0.25, 0.3) is 33.2 Å². The van der Waals surface area contributed by atoms with Gasteiger partial charge in [0, 0.05) is 48.2 Å². The van der Waals surface area contributed by atoms with Gasteiger partial charge in [-0.3, -0.25) is 9.59 Å². The molecule has 174 valence electrons. The van der Waals surface area contributed by atoms with Crippen molar-refractivity contribution < 1.29 is 14.0 Å². The van der Waals surface area contributed by atoms with Crippen LogP contribution in [0.5, 0.6) is 0 Å². The highest BCUT2D eigenvalue weighted by Crippen LogP contribution is 2.31. The Kier molecular flexibility index (Phi) is 5.53. The Hall–Kier alpha value is -3.78. The molecule has 34 heavy (non-hydrogen) atoms. The van der Waals surface area contributed by atoms with Crippen molar-refractivity contribution in [3.05, 3.63) is 65.0 Å². The molecule has 0 radical (unpaired) electrons. The molecule has 0 aliphatic carbocycles. The van der Waals surface area contributed by atoms with Crippen LogP contribution in [0.3, 0.4) is 0 Å². The summed E-state index contributed by atoms with van der Waals surface area (Å²) >= 11 is 0. The largest absolute Gasteiger partial charge is 0.366 e. The van der Waals surface area contributed by atoms with Crippen molar-refractivity contribution in [2.75, 3.05) is 32.7 Å². The molecule has 4 aromatic rings. The van der Waals surface area contributed by atoms with Crippen LogP contribution in [-0.4, -0.2) is 64.3 Å². The number of fused-ring (bicyclic) bond motifs is 3. The number of benzene rings is 2. The number of nitrogens with two attached hydrogens (primary N) is 1. The quantitative estimate of drug-likeness (QED) is 0.486. The van der Waals surface area contributed by atoms with Gasteiger partial charge >= 0.3 is 0 Å². The third-order valence-electron chi connectivity index (χ3n) is 6.63. The van der Waals surface area contributed by atoms with Crippen molar-refractivity contribution >= 4 is 33.8 Å². The van der Waals surface area contributed by atoms with E-state index in [9.17, 15) is 14.0 Å². The molecule has 1 aliphatic rings. The van der Waals surface area contributed by atoms with Crippen molar-refractivity contribution in [1.29, 1.82) is 0 Å². The molecule has 1 saturated heterocycles. The first-order valence-electron chi connectivity index (χ1n) is 11.4. The molecule has 1 fully saturated rings. The van der Waals surface area contributed by atoms with Crippen LogP contribution < -0.4 is 5.73 Å². The smallest absolute Gasteiger partial charge is 0.254 e. The van der Waals surface area contributed by atoms with Crippen LogP contribution in [0.4, 0.5) is 4.39 Å². The molecule has 2 aromatic heterocycles. The minimum Gasteiger partial charge on any atom is -0.366 e. The van der Waals surface area contributed by atoms with Gasteiger partial charge in [-0.05, 0) is 61.5 Å². The molecular weight excluding hydrogens is 433 g/mol. The fourth-order valence-corrected chi connectivity index (χ4v) is 4.58. The number of carbonyl (C=O) groups is 2. The molecule has 2 amide bonds. The lowest BCUT2D eigenvalue weighted by atomic mass is 10.0. The Balaban J connectivity index is 1.58. The summed E-state index contributed by atoms with van der Waals surface area (Å²) in [4.78, 5) is 37.6. The van der Waals surface area contributed by atoms with E-state index in [0.29, 0.717) is 57.6 Å². The third-order valence-corrected chi connectivity index (χ3v) is 6.63. The number of nitrogens with zero attached hydrogens (tertiary/aromatic N) is 3. The number of aryl methyl sites for hydroxylation is 1. The Morgan fingerprint density at radius 1 is 1.09 bits per heavy atom. The first-order chi connectivity index (χ1) is 16.4. The standard InChI is InChI=1S/C26H26FN5O2/c1-3-31-8-10-32(11-9-31)26(34)17-4-6-18-22(13-17)30-24-19(25(28)33)14-21(29-23(18)24)16-5-7-20(27)15(2)12-16/h4-7,12-14,30H,3,8-11H2,1-2H3,(H2,28,33). The summed E-state index contributed by atoms with van der Waals surface area (Å²) in [5.41, 5.74) is 10.1. The average molecular weight is 460 g/mol. The molecule has 0 atom stereocenters. The minimum atomic E-state index is -0.593. The molecule has 0 saturated carbocycles. The Labute approximate surface area is 196 Å². The number of likely N-dealkylation sites (N-methyl/N-ethyl adjacent to an activating group) is 1. The van der Waals surface area contributed by atoms with Crippen molar-refractivity contribution in [2.24, 2.45) is 5.73 Å². The topological polar surface area (TPSA) is 95.3 Å². The van der Waals surface area contributed by atoms with Gasteiger partial charge in [0.1, 0.15) is 5.82 Å². The highest BCUT2D eigenvalue weighted by molar-refractivity contribution is 6.14. The van der Waals surface area contributed by atoms with Crippen LogP contribution in [0, 0.1) is 12.7 Å². The maximum absolute atomic E-state index is 13.8. The Bertz CT molecular complexity index is 1440. The molecule has 1 aliphatic heterocycles. The summed E-state index contributed by atoms with van der Waals surface area (Å²) in [5, 5.41) is 0.783. The number of aromatic amines is 1. The van der Waals surface area contributed by atoms with Gasteiger partial charge in [-0.1, -0.05) is 6.92 Å². The summed E-state index contributed by atoms with van der Waals surface area (Å²) in [6.07, 6.45) is 0. The van der Waals surface area contributed by atoms with Crippen molar-refractivity contribution in [1.82, 2.24) is 19.8 Å². The highest BCUT2D eigenvalue weighted by atomic mass is 19.1. The SMILES string of the molecule is CCN1CCN(C(=O)c2ccc3c(c2)[nH]c2c(C(N)=O)cc(-c4ccc(F)c(C)c4)nc23)CC1. The number of H-pyrrole nitrogens is 1. The van der Waals surface area contributed by atoms with E-state index in [4.69, 9.17) is 10.7 Å². The lowest BCUT2D eigenvalue weighted by Crippen LogP contribution is -2.48. The molecule has 8 heteroatoms. The van der Waals surface area contributed by atoms with Gasteiger partial charge in [0.15, 0.2) is 0 Å². The Morgan fingerprint density at radius 3 is 2.53 bits per heavy atom. The van der Waals surface area contributed by atoms with E-state index in [1.807, 2.05) is 11.0 Å². The number of pyridine rings is 1. The van der Waals surface area contributed by atoms with Crippen molar-refractivity contribution in [2.45, 2.75) is 13.8 Å².